The topological polar surface area (TPSA) is 146 Å². The lowest BCUT2D eigenvalue weighted by Gasteiger charge is -2.22. The molecule has 1 aliphatic heterocycles. The van der Waals surface area contributed by atoms with Crippen molar-refractivity contribution in [3.8, 4) is 11.3 Å². The molecule has 13 heteroatoms. The maximum Gasteiger partial charge on any atom is 0.145 e. The van der Waals surface area contributed by atoms with E-state index in [-0.39, 0.29) is 24.0 Å². The van der Waals surface area contributed by atoms with Gasteiger partial charge < -0.3 is 25.7 Å². The Hall–Kier alpha value is -4.19. The number of imidazole rings is 1. The molecule has 42 heavy (non-hydrogen) atoms. The number of carbonyl (C=O) groups excluding carboxylic acids is 2. The largest absolute Gasteiger partial charge is 0.388 e. The number of benzene rings is 2. The van der Waals surface area contributed by atoms with Gasteiger partial charge in [-0.05, 0) is 43.2 Å². The molecule has 1 atom stereocenters. The highest BCUT2D eigenvalue weighted by molar-refractivity contribution is 6.31. The molecule has 1 fully saturated rings. The number of halogens is 3. The molecule has 1 unspecified atom stereocenters. The van der Waals surface area contributed by atoms with Gasteiger partial charge in [0.05, 0.1) is 35.5 Å². The number of aldehydes is 2. The molecule has 0 amide bonds. The van der Waals surface area contributed by atoms with Gasteiger partial charge in [0, 0.05) is 60.4 Å². The molecular weight excluding hydrogens is 582 g/mol. The number of nitrogens with two attached hydrogens (primary N) is 2. The van der Waals surface area contributed by atoms with Crippen LogP contribution in [-0.4, -0.2) is 47.4 Å². The Labute approximate surface area is 252 Å². The summed E-state index contributed by atoms with van der Waals surface area (Å²) < 4.78 is 15.5. The summed E-state index contributed by atoms with van der Waals surface area (Å²) >= 11 is 12.1. The molecule has 0 saturated carbocycles. The van der Waals surface area contributed by atoms with Gasteiger partial charge in [-0.1, -0.05) is 23.2 Å². The fourth-order valence-corrected chi connectivity index (χ4v) is 5.23. The smallest absolute Gasteiger partial charge is 0.145 e. The van der Waals surface area contributed by atoms with E-state index in [1.165, 1.54) is 17.3 Å². The van der Waals surface area contributed by atoms with E-state index in [4.69, 9.17) is 39.8 Å². The highest BCUT2D eigenvalue weighted by Gasteiger charge is 2.31. The van der Waals surface area contributed by atoms with Crippen molar-refractivity contribution in [3.63, 3.8) is 0 Å². The third-order valence-electron chi connectivity index (χ3n) is 6.99. The number of hydrogen-bond acceptors (Lipinski definition) is 8. The van der Waals surface area contributed by atoms with E-state index in [2.05, 4.69) is 15.3 Å². The number of amidine groups is 1. The summed E-state index contributed by atoms with van der Waals surface area (Å²) in [6.45, 7) is 0. The molecule has 220 valence electrons. The number of hydrogen-bond donors (Lipinski definition) is 4. The first kappa shape index (κ1) is 30.8. The predicted octanol–water partition coefficient (Wildman–Crippen LogP) is 5.12. The van der Waals surface area contributed by atoms with E-state index in [0.717, 1.165) is 6.29 Å². The first-order chi connectivity index (χ1) is 20.2. The van der Waals surface area contributed by atoms with Crippen molar-refractivity contribution in [1.29, 1.82) is 0 Å². The van der Waals surface area contributed by atoms with E-state index >= 15 is 4.39 Å². The van der Waals surface area contributed by atoms with Crippen molar-refractivity contribution in [1.82, 2.24) is 14.9 Å². The third kappa shape index (κ3) is 6.64. The highest BCUT2D eigenvalue weighted by atomic mass is 35.5. The Morgan fingerprint density at radius 1 is 1.33 bits per heavy atom. The number of aromatic amines is 1. The number of hydrazine groups is 1. The van der Waals surface area contributed by atoms with Crippen LogP contribution in [0.4, 0.5) is 15.8 Å². The van der Waals surface area contributed by atoms with Crippen molar-refractivity contribution in [2.24, 2.45) is 16.6 Å². The molecule has 6 N–H and O–H groups in total. The second kappa shape index (κ2) is 13.6. The van der Waals surface area contributed by atoms with Crippen LogP contribution in [0.25, 0.3) is 17.0 Å². The van der Waals surface area contributed by atoms with E-state index in [1.807, 2.05) is 11.9 Å². The third-order valence-corrected chi connectivity index (χ3v) is 7.33. The van der Waals surface area contributed by atoms with Crippen molar-refractivity contribution >= 4 is 58.7 Å². The molecule has 10 nitrogen and oxygen atoms in total. The van der Waals surface area contributed by atoms with Crippen LogP contribution < -0.4 is 21.9 Å². The molecule has 2 heterocycles. The molecule has 4 rings (SSSR count). The highest BCUT2D eigenvalue weighted by Crippen LogP contribution is 2.36. The molecular formula is C29H31Cl2FN8O2. The molecule has 1 aromatic heterocycles. The van der Waals surface area contributed by atoms with Gasteiger partial charge in [-0.25, -0.2) is 20.2 Å². The lowest BCUT2D eigenvalue weighted by atomic mass is 10.0. The maximum absolute atomic E-state index is 15.5. The first-order valence-corrected chi connectivity index (χ1v) is 13.8. The van der Waals surface area contributed by atoms with Crippen molar-refractivity contribution < 1.29 is 14.0 Å². The quantitative estimate of drug-likeness (QED) is 0.0767. The molecule has 0 aliphatic carbocycles. The van der Waals surface area contributed by atoms with Crippen LogP contribution in [0.3, 0.4) is 0 Å². The summed E-state index contributed by atoms with van der Waals surface area (Å²) in [5.74, 6) is 7.09. The lowest BCUT2D eigenvalue weighted by molar-refractivity contribution is -0.107. The molecule has 2 aromatic carbocycles. The zero-order valence-electron chi connectivity index (χ0n) is 23.1. The van der Waals surface area contributed by atoms with Crippen LogP contribution in [-0.2, 0) is 16.0 Å². The number of likely N-dealkylation sites (tertiary alicyclic amines) is 1. The Bertz CT molecular complexity index is 1560. The number of aliphatic imine (C=N–C) groups is 1. The molecule has 1 aliphatic rings. The number of allylic oxidation sites excluding steroid dienone is 1. The number of rotatable bonds is 11. The van der Waals surface area contributed by atoms with Gasteiger partial charge in [-0.15, -0.1) is 0 Å². The lowest BCUT2D eigenvalue weighted by Crippen LogP contribution is -2.26. The monoisotopic (exact) mass is 612 g/mol. The minimum absolute atomic E-state index is 0.0307. The number of carbonyl (C=O) groups is 2. The Kier molecular flexibility index (Phi) is 10.00. The van der Waals surface area contributed by atoms with Gasteiger partial charge in [0.25, 0.3) is 0 Å². The number of H-pyrrole nitrogens is 1. The fourth-order valence-electron chi connectivity index (χ4n) is 4.96. The van der Waals surface area contributed by atoms with Gasteiger partial charge >= 0.3 is 0 Å². The van der Waals surface area contributed by atoms with Gasteiger partial charge in [-0.2, -0.15) is 0 Å². The number of aromatic nitrogens is 2. The van der Waals surface area contributed by atoms with Crippen LogP contribution in [0.15, 0.2) is 59.0 Å². The Morgan fingerprint density at radius 3 is 2.81 bits per heavy atom. The summed E-state index contributed by atoms with van der Waals surface area (Å²) in [4.78, 5) is 37.1. The predicted molar refractivity (Wildman–Crippen MR) is 165 cm³/mol. The Balaban J connectivity index is 1.64. The summed E-state index contributed by atoms with van der Waals surface area (Å²) in [6, 6.07) is 8.27. The zero-order chi connectivity index (χ0) is 30.4. The van der Waals surface area contributed by atoms with Crippen LogP contribution in [0.2, 0.25) is 5.02 Å². The minimum atomic E-state index is -0.401. The van der Waals surface area contributed by atoms with E-state index < -0.39 is 5.82 Å². The van der Waals surface area contributed by atoms with Gasteiger partial charge in [0.2, 0.25) is 0 Å². The SMILES string of the molecule is CNc1ccc(-c2cnc(C3CC/C(=N/C(=C\C=O)c4cc(Cl)ccc4N(N)/C=C(\N)Cl)N3C)[nH]2)c(F)c1CCC=O. The summed E-state index contributed by atoms with van der Waals surface area (Å²) in [7, 11) is 3.59. The summed E-state index contributed by atoms with van der Waals surface area (Å²) in [5.41, 5.74) is 8.88. The van der Waals surface area contributed by atoms with E-state index in [0.29, 0.717) is 75.3 Å². The van der Waals surface area contributed by atoms with Crippen molar-refractivity contribution in [2.75, 3.05) is 24.4 Å². The first-order valence-electron chi connectivity index (χ1n) is 13.1. The average molecular weight is 614 g/mol. The van der Waals surface area contributed by atoms with Crippen LogP contribution in [0.5, 0.6) is 0 Å². The van der Waals surface area contributed by atoms with E-state index in [9.17, 15) is 9.59 Å². The van der Waals surface area contributed by atoms with Crippen molar-refractivity contribution in [2.45, 2.75) is 31.7 Å². The maximum atomic E-state index is 15.5. The molecule has 0 bridgehead atoms. The number of nitrogens with zero attached hydrogens (tertiary/aromatic N) is 4. The van der Waals surface area contributed by atoms with Gasteiger partial charge in [0.15, 0.2) is 0 Å². The average Bonchev–Trinajstić information content (AvgIpc) is 3.58. The molecule has 0 radical (unpaired) electrons. The Morgan fingerprint density at radius 2 is 2.12 bits per heavy atom. The van der Waals surface area contributed by atoms with Crippen LogP contribution >= 0.6 is 23.2 Å². The summed E-state index contributed by atoms with van der Waals surface area (Å²) in [5, 5.41) is 4.60. The van der Waals surface area contributed by atoms with Gasteiger partial charge in [0.1, 0.15) is 35.2 Å². The number of nitrogens with one attached hydrogen (secondary N) is 2. The molecule has 1 saturated heterocycles. The number of anilines is 2. The second-order valence-electron chi connectivity index (χ2n) is 9.55. The standard InChI is InChI=1S/C29H31Cl2FN8O2/c1-35-21-7-6-19(28(32)18(21)4-3-12-41)23-15-36-29(38-23)25-9-10-27(39(25)2)37-22(11-13-42)20-14-17(30)5-8-24(20)40(34)16-26(31)33/h5-8,11-16,25,35H,3-4,9-10,33-34H2,1-2H3,(H,36,38)/b22-11-,26-16-,37-27-. The zero-order valence-corrected chi connectivity index (χ0v) is 24.6. The van der Waals surface area contributed by atoms with Gasteiger partial charge in [-0.3, -0.25) is 9.80 Å². The summed E-state index contributed by atoms with van der Waals surface area (Å²) in [6.07, 6.45) is 7.44. The van der Waals surface area contributed by atoms with E-state index in [1.54, 1.807) is 43.6 Å². The fraction of sp³-hybridized carbons (Fsp3) is 0.241. The normalized spacial score (nSPS) is 16.7. The van der Waals surface area contributed by atoms with Crippen LogP contribution in [0.1, 0.15) is 42.3 Å². The molecule has 3 aromatic rings. The van der Waals surface area contributed by atoms with Crippen molar-refractivity contribution in [3.05, 3.63) is 81.8 Å². The van der Waals surface area contributed by atoms with Crippen LogP contribution in [0, 0.1) is 5.82 Å². The molecule has 0 spiro atoms. The minimum Gasteiger partial charge on any atom is -0.388 e. The second-order valence-corrected chi connectivity index (χ2v) is 10.4.